The minimum atomic E-state index is -4.87. The number of hydrogen-bond acceptors (Lipinski definition) is 25. The van der Waals surface area contributed by atoms with Gasteiger partial charge in [-0.1, -0.05) is 51.6 Å². The van der Waals surface area contributed by atoms with Crippen molar-refractivity contribution >= 4 is 133 Å². The minimum Gasteiger partial charge on any atom is -0.494 e. The molecule has 438 valence electrons. The largest absolute Gasteiger partial charge is 0.494 e. The van der Waals surface area contributed by atoms with E-state index in [1.54, 1.807) is 31.4 Å². The predicted molar refractivity (Wildman–Crippen MR) is 315 cm³/mol. The van der Waals surface area contributed by atoms with Gasteiger partial charge in [-0.05, 0) is 98.4 Å². The lowest BCUT2D eigenvalue weighted by atomic mass is 9.76. The summed E-state index contributed by atoms with van der Waals surface area (Å²) in [6.45, 7) is 18.3. The number of ether oxygens (including phenoxy) is 2. The number of carbonyl (C=O) groups is 2. The highest BCUT2D eigenvalue weighted by molar-refractivity contribution is 7.98. The zero-order valence-corrected chi connectivity index (χ0v) is 51.3. The molecule has 30 heteroatoms. The second-order valence-corrected chi connectivity index (χ2v) is 26.5. The number of thiophene rings is 2. The molecule has 0 atom stereocenters. The number of benzene rings is 3. The Balaban J connectivity index is 0.00000234. The Hall–Kier alpha value is -6.80. The number of rotatable bonds is 21. The van der Waals surface area contributed by atoms with Crippen LogP contribution in [0.1, 0.15) is 104 Å². The first-order chi connectivity index (χ1) is 38.6. The molecular weight excluding hydrogens is 1180 g/mol. The maximum absolute atomic E-state index is 13.3. The van der Waals surface area contributed by atoms with Crippen LogP contribution in [0.4, 0.5) is 56.0 Å². The Morgan fingerprint density at radius 3 is 1.68 bits per heavy atom. The van der Waals surface area contributed by atoms with Crippen molar-refractivity contribution in [2.45, 2.75) is 102 Å². The zero-order chi connectivity index (χ0) is 60.1. The van der Waals surface area contributed by atoms with Crippen molar-refractivity contribution in [1.29, 1.82) is 0 Å². The molecule has 82 heavy (non-hydrogen) atoms. The number of nitrogens with zero attached hydrogens (tertiary/aromatic N) is 9. The first kappa shape index (κ1) is 62.8. The average molecular weight is 1240 g/mol. The Labute approximate surface area is 488 Å². The maximum atomic E-state index is 13.3. The fraction of sp³-hybridized carbons (Fsp3) is 0.404. The number of azo groups is 2. The number of fused-ring (bicyclic) bond motifs is 2. The van der Waals surface area contributed by atoms with Crippen LogP contribution in [0.25, 0.3) is 0 Å². The molecule has 3 aromatic carbocycles. The maximum Gasteiger partial charge on any atom is 0.425 e. The summed E-state index contributed by atoms with van der Waals surface area (Å²) in [5, 5.41) is 25.5. The van der Waals surface area contributed by atoms with Gasteiger partial charge in [-0.3, -0.25) is 18.7 Å². The van der Waals surface area contributed by atoms with Crippen molar-refractivity contribution in [3.63, 3.8) is 0 Å². The summed E-state index contributed by atoms with van der Waals surface area (Å²) in [6, 6.07) is 14.7. The Morgan fingerprint density at radius 2 is 1.18 bits per heavy atom. The van der Waals surface area contributed by atoms with Crippen LogP contribution >= 0.6 is 34.4 Å². The van der Waals surface area contributed by atoms with Gasteiger partial charge < -0.3 is 29.9 Å². The molecule has 0 bridgehead atoms. The van der Waals surface area contributed by atoms with Crippen LogP contribution in [-0.4, -0.2) is 105 Å². The normalized spacial score (nSPS) is 14.7. The average Bonchev–Trinajstić information content (AvgIpc) is 2.85. The van der Waals surface area contributed by atoms with Gasteiger partial charge in [0.25, 0.3) is 20.2 Å². The molecule has 24 nitrogen and oxygen atoms in total. The minimum absolute atomic E-state index is 0.00995. The summed E-state index contributed by atoms with van der Waals surface area (Å²) in [4.78, 5) is 45.2. The van der Waals surface area contributed by atoms with E-state index < -0.39 is 41.2 Å². The smallest absolute Gasteiger partial charge is 0.425 e. The molecule has 6 aromatic rings. The molecule has 0 fully saturated rings. The molecule has 3 aromatic heterocycles. The van der Waals surface area contributed by atoms with E-state index in [-0.39, 0.29) is 84.3 Å². The molecule has 0 radical (unpaired) electrons. The van der Waals surface area contributed by atoms with Crippen LogP contribution in [-0.2, 0) is 49.4 Å². The van der Waals surface area contributed by atoms with Crippen LogP contribution in [0.15, 0.2) is 90.0 Å². The summed E-state index contributed by atoms with van der Waals surface area (Å²) in [7, 11) is -9.43. The van der Waals surface area contributed by atoms with E-state index in [9.17, 15) is 35.5 Å². The molecule has 0 spiro atoms. The third-order valence-corrected chi connectivity index (χ3v) is 18.2. The molecule has 2 aliphatic rings. The van der Waals surface area contributed by atoms with Crippen LogP contribution in [0, 0.1) is 10.8 Å². The zero-order valence-electron chi connectivity index (χ0n) is 46.4. The van der Waals surface area contributed by atoms with Crippen molar-refractivity contribution in [2.24, 2.45) is 31.3 Å². The highest BCUT2D eigenvalue weighted by Gasteiger charge is 2.39. The fourth-order valence-corrected chi connectivity index (χ4v) is 14.0. The van der Waals surface area contributed by atoms with Gasteiger partial charge in [0.05, 0.1) is 51.6 Å². The lowest BCUT2D eigenvalue weighted by Gasteiger charge is -2.28. The molecule has 8 rings (SSSR count). The molecule has 0 unspecified atom stereocenters. The van der Waals surface area contributed by atoms with E-state index in [1.165, 1.54) is 36.6 Å². The predicted octanol–water partition coefficient (Wildman–Crippen LogP) is 12.1. The molecular formula is C52H61N11O13S6. The van der Waals surface area contributed by atoms with Crippen LogP contribution in [0.3, 0.4) is 0 Å². The summed E-state index contributed by atoms with van der Waals surface area (Å²) in [5.41, 5.74) is 3.48. The van der Waals surface area contributed by atoms with Gasteiger partial charge in [0, 0.05) is 56.9 Å². The van der Waals surface area contributed by atoms with Crippen molar-refractivity contribution in [1.82, 2.24) is 15.0 Å². The van der Waals surface area contributed by atoms with Gasteiger partial charge >= 0.3 is 10.6 Å². The topological polar surface area (TPSA) is 331 Å². The number of anilines is 6. The van der Waals surface area contributed by atoms with Crippen molar-refractivity contribution in [3.8, 4) is 11.5 Å². The molecule has 0 saturated heterocycles. The van der Waals surface area contributed by atoms with Gasteiger partial charge in [0.2, 0.25) is 11.9 Å². The first-order valence-electron chi connectivity index (χ1n) is 25.4. The van der Waals surface area contributed by atoms with Gasteiger partial charge in [-0.15, -0.1) is 55.8 Å². The van der Waals surface area contributed by atoms with Gasteiger partial charge in [0.15, 0.2) is 21.7 Å². The first-order valence-corrected chi connectivity index (χ1v) is 31.9. The van der Waals surface area contributed by atoms with E-state index in [0.29, 0.717) is 76.6 Å². The molecule has 0 amide bonds. The monoisotopic (exact) mass is 1240 g/mol. The number of aromatic nitrogens is 3. The number of thioether (sulfide) groups is 1. The van der Waals surface area contributed by atoms with Crippen LogP contribution in [0.2, 0.25) is 0 Å². The van der Waals surface area contributed by atoms with Gasteiger partial charge in [-0.25, -0.2) is 0 Å². The molecule has 4 N–H and O–H groups in total. The van der Waals surface area contributed by atoms with Crippen LogP contribution < -0.4 is 29.9 Å². The quantitative estimate of drug-likeness (QED) is 0.0295. The van der Waals surface area contributed by atoms with E-state index in [0.717, 1.165) is 40.8 Å². The molecule has 0 aliphatic heterocycles. The highest BCUT2D eigenvalue weighted by Crippen LogP contribution is 2.49. The fourth-order valence-electron chi connectivity index (χ4n) is 9.48. The third-order valence-electron chi connectivity index (χ3n) is 13.1. The molecule has 0 saturated carbocycles. The lowest BCUT2D eigenvalue weighted by molar-refractivity contribution is 0.0907. The second kappa shape index (κ2) is 25.8. The van der Waals surface area contributed by atoms with Crippen molar-refractivity contribution < 1.29 is 57.6 Å². The second-order valence-electron chi connectivity index (χ2n) is 20.3. The van der Waals surface area contributed by atoms with E-state index in [4.69, 9.17) is 42.2 Å². The number of ketones is 2. The lowest BCUT2D eigenvalue weighted by Crippen LogP contribution is -2.26. The van der Waals surface area contributed by atoms with Gasteiger partial charge in [-0.2, -0.15) is 31.8 Å². The number of hydrogen-bond donors (Lipinski definition) is 4. The number of carbonyl (C=O) groups excluding carboxylic acids is 2. The van der Waals surface area contributed by atoms with Gasteiger partial charge in [0.1, 0.15) is 32.8 Å². The number of Topliss-reactive ketones (excluding diaryl/α,β-unsaturated/α-hetero) is 2. The molecule has 2 aliphatic carbocycles. The summed E-state index contributed by atoms with van der Waals surface area (Å²) in [6.07, 6.45) is 1.56. The van der Waals surface area contributed by atoms with E-state index in [2.05, 4.69) is 44.7 Å². The third kappa shape index (κ3) is 15.2. The van der Waals surface area contributed by atoms with Crippen molar-refractivity contribution in [3.05, 3.63) is 81.0 Å². The van der Waals surface area contributed by atoms with Crippen molar-refractivity contribution in [2.75, 3.05) is 60.8 Å². The number of methoxy groups -OCH3 is 2. The Kier molecular flexibility index (Phi) is 19.7. The summed E-state index contributed by atoms with van der Waals surface area (Å²) < 4.78 is 108. The summed E-state index contributed by atoms with van der Waals surface area (Å²) in [5.74, 6) is 0.908. The van der Waals surface area contributed by atoms with E-state index >= 15 is 0 Å². The molecule has 3 heterocycles. The Bertz CT molecular complexity index is 3830. The number of nitrogens with one attached hydrogen (secondary N) is 2. The highest BCUT2D eigenvalue weighted by atomic mass is 32.2. The standard InChI is InChI=1S/C52H61N11O10S5.O3S/c1-11-62(12-2)37-20-33(35(22-41(37)72-9)58-60-43-19-30-24-51(5,6)26-39(64)44(30)75-43)53-48-55-49(57-50(56-48)74-28-29-16-15-17-31(18-29)77(66,67)68)54-34-21-38(63(13-3)14-4)42(73-10)23-36(34)59-61-47-46(78(69,70)71)32-25-52(7,8)27-40(65)45(32)76-47;1-4(2)3/h15-23H,11-14,24-28H2,1-10H3,(H,66,67,68)(H,69,70,71)(H2,53,54,55,56,57);. The summed E-state index contributed by atoms with van der Waals surface area (Å²) >= 11 is 3.28. The SMILES string of the molecule is CCN(CC)c1cc(Nc2nc(Nc3cc(N(CC)CC)c(OC)cc3N=Nc3sc4c(c3S(=O)(=O)O)CC(C)(C)CC4=O)nc(SCc3cccc(S(=O)(=O)O)c3)n2)c(N=Nc2cc3c(s2)C(=O)CC(C)(C)C3)cc1OC.O=S(=O)=O. The van der Waals surface area contributed by atoms with E-state index in [1.807, 2.05) is 58.6 Å². The Morgan fingerprint density at radius 1 is 0.671 bits per heavy atom. The van der Waals surface area contributed by atoms with Crippen LogP contribution in [0.5, 0.6) is 11.5 Å².